The average Bonchev–Trinajstić information content (AvgIpc) is 2.58. The van der Waals surface area contributed by atoms with Crippen LogP contribution in [-0.2, 0) is 4.74 Å². The number of amides is 1. The smallest absolute Gasteiger partial charge is 0.255 e. The van der Waals surface area contributed by atoms with E-state index in [2.05, 4.69) is 22.3 Å². The van der Waals surface area contributed by atoms with Crippen molar-refractivity contribution in [2.45, 2.75) is 13.8 Å². The maximum atomic E-state index is 12.6. The van der Waals surface area contributed by atoms with Crippen molar-refractivity contribution in [3.05, 3.63) is 65.6 Å². The molecule has 0 saturated carbocycles. The molecule has 1 amide bonds. The molecule has 1 N–H and O–H groups in total. The molecule has 0 aliphatic carbocycles. The Hall–Kier alpha value is -2.33. The van der Waals surface area contributed by atoms with E-state index in [0.717, 1.165) is 35.6 Å². The largest absolute Gasteiger partial charge is 0.378 e. The van der Waals surface area contributed by atoms with E-state index in [-0.39, 0.29) is 5.91 Å². The number of anilines is 2. The number of nitrogens with zero attached hydrogens (tertiary/aromatic N) is 1. The molecule has 2 aromatic carbocycles. The Morgan fingerprint density at radius 3 is 2.58 bits per heavy atom. The van der Waals surface area contributed by atoms with Crippen LogP contribution in [-0.4, -0.2) is 32.2 Å². The fourth-order valence-electron chi connectivity index (χ4n) is 2.81. The van der Waals surface area contributed by atoms with Gasteiger partial charge in [0.15, 0.2) is 0 Å². The van der Waals surface area contributed by atoms with Gasteiger partial charge in [0.2, 0.25) is 0 Å². The maximum Gasteiger partial charge on any atom is 0.255 e. The molecule has 0 atom stereocenters. The minimum absolute atomic E-state index is 0.151. The molecule has 0 bridgehead atoms. The monoisotopic (exact) mass is 322 g/mol. The Morgan fingerprint density at radius 2 is 1.88 bits per heavy atom. The van der Waals surface area contributed by atoms with Crippen molar-refractivity contribution >= 4 is 17.3 Å². The maximum absolute atomic E-state index is 12.6. The van der Waals surface area contributed by atoms with Gasteiger partial charge in [-0.15, -0.1) is 0 Å². The van der Waals surface area contributed by atoms with E-state index in [1.165, 1.54) is 0 Å². The van der Waals surface area contributed by atoms with Crippen LogP contribution in [0.4, 0.5) is 11.4 Å². The molecule has 4 heteroatoms. The summed E-state index contributed by atoms with van der Waals surface area (Å²) in [5.41, 5.74) is 5.10. The predicted octanol–water partition coefficient (Wildman–Crippen LogP) is 3.45. The molecule has 2 radical (unpaired) electrons. The van der Waals surface area contributed by atoms with Gasteiger partial charge in [0.25, 0.3) is 5.91 Å². The molecule has 0 spiro atoms. The highest BCUT2D eigenvalue weighted by molar-refractivity contribution is 6.06. The molecule has 1 fully saturated rings. The minimum atomic E-state index is -0.151. The highest BCUT2D eigenvalue weighted by Gasteiger charge is 2.17. The Kier molecular flexibility index (Phi) is 4.86. The zero-order chi connectivity index (χ0) is 17.1. The first kappa shape index (κ1) is 16.5. The van der Waals surface area contributed by atoms with Crippen LogP contribution in [0.3, 0.4) is 0 Å². The first-order valence-corrected chi connectivity index (χ1v) is 8.15. The Morgan fingerprint density at radius 1 is 1.12 bits per heavy atom. The first-order valence-electron chi connectivity index (χ1n) is 8.15. The zero-order valence-corrected chi connectivity index (χ0v) is 14.1. The number of morpholine rings is 1. The number of nitrogens with one attached hydrogen (secondary N) is 1. The van der Waals surface area contributed by atoms with Crippen LogP contribution >= 0.6 is 0 Å². The highest BCUT2D eigenvalue weighted by atomic mass is 16.5. The summed E-state index contributed by atoms with van der Waals surface area (Å²) in [6, 6.07) is 11.5. The molecule has 124 valence electrons. The summed E-state index contributed by atoms with van der Waals surface area (Å²) < 4.78 is 5.42. The lowest BCUT2D eigenvalue weighted by Gasteiger charge is -2.30. The van der Waals surface area contributed by atoms with Crippen LogP contribution in [0, 0.1) is 20.8 Å². The lowest BCUT2D eigenvalue weighted by molar-refractivity contribution is 0.102. The molecule has 24 heavy (non-hydrogen) atoms. The molecular formula is C20H22N2O2. The molecule has 0 aromatic heterocycles. The van der Waals surface area contributed by atoms with Crippen LogP contribution in [0.25, 0.3) is 0 Å². The van der Waals surface area contributed by atoms with Crippen LogP contribution in [0.2, 0.25) is 0 Å². The van der Waals surface area contributed by atoms with E-state index in [9.17, 15) is 4.79 Å². The van der Waals surface area contributed by atoms with E-state index in [1.54, 1.807) is 12.1 Å². The zero-order valence-electron chi connectivity index (χ0n) is 14.1. The lowest BCUT2D eigenvalue weighted by atomic mass is 10.1. The van der Waals surface area contributed by atoms with Gasteiger partial charge in [0, 0.05) is 18.7 Å². The number of ether oxygens (including phenoxy) is 1. The van der Waals surface area contributed by atoms with Crippen molar-refractivity contribution in [1.82, 2.24) is 0 Å². The van der Waals surface area contributed by atoms with Crippen LogP contribution in [0.1, 0.15) is 27.0 Å². The minimum Gasteiger partial charge on any atom is -0.378 e. The van der Waals surface area contributed by atoms with Gasteiger partial charge in [-0.25, -0.2) is 0 Å². The number of rotatable bonds is 3. The van der Waals surface area contributed by atoms with E-state index in [4.69, 9.17) is 11.7 Å². The molecule has 1 saturated heterocycles. The van der Waals surface area contributed by atoms with Crippen molar-refractivity contribution in [2.24, 2.45) is 0 Å². The normalized spacial score (nSPS) is 14.5. The van der Waals surface area contributed by atoms with E-state index in [0.29, 0.717) is 24.3 Å². The molecular weight excluding hydrogens is 300 g/mol. The summed E-state index contributed by atoms with van der Waals surface area (Å²) in [6.07, 6.45) is 0. The van der Waals surface area contributed by atoms with E-state index in [1.807, 2.05) is 26.0 Å². The van der Waals surface area contributed by atoms with Gasteiger partial charge >= 0.3 is 0 Å². The van der Waals surface area contributed by atoms with Crippen molar-refractivity contribution < 1.29 is 9.53 Å². The number of carbonyl (C=O) groups is 1. The predicted molar refractivity (Wildman–Crippen MR) is 96.7 cm³/mol. The van der Waals surface area contributed by atoms with Crippen molar-refractivity contribution in [2.75, 3.05) is 36.5 Å². The summed E-state index contributed by atoms with van der Waals surface area (Å²) in [4.78, 5) is 14.9. The van der Waals surface area contributed by atoms with Crippen LogP contribution < -0.4 is 10.2 Å². The summed E-state index contributed by atoms with van der Waals surface area (Å²) in [5, 5.41) is 3.03. The van der Waals surface area contributed by atoms with Crippen molar-refractivity contribution in [3.63, 3.8) is 0 Å². The van der Waals surface area contributed by atoms with Crippen LogP contribution in [0.15, 0.2) is 36.4 Å². The van der Waals surface area contributed by atoms with Gasteiger partial charge in [-0.1, -0.05) is 12.1 Å². The molecule has 1 aliphatic heterocycles. The van der Waals surface area contributed by atoms with Crippen LogP contribution in [0.5, 0.6) is 0 Å². The molecule has 3 rings (SSSR count). The van der Waals surface area contributed by atoms with Gasteiger partial charge in [0.05, 0.1) is 24.6 Å². The van der Waals surface area contributed by atoms with E-state index < -0.39 is 0 Å². The second kappa shape index (κ2) is 7.05. The fourth-order valence-corrected chi connectivity index (χ4v) is 2.81. The molecule has 0 unspecified atom stereocenters. The molecule has 4 nitrogen and oxygen atoms in total. The Bertz CT molecular complexity index is 749. The number of aryl methyl sites for hydroxylation is 2. The summed E-state index contributed by atoms with van der Waals surface area (Å²) in [7, 11) is 0. The third-order valence-corrected chi connectivity index (χ3v) is 4.29. The van der Waals surface area contributed by atoms with Crippen molar-refractivity contribution in [3.8, 4) is 0 Å². The summed E-state index contributed by atoms with van der Waals surface area (Å²) in [5.74, 6) is -0.151. The van der Waals surface area contributed by atoms with Gasteiger partial charge in [-0.3, -0.25) is 4.79 Å². The van der Waals surface area contributed by atoms with Crippen molar-refractivity contribution in [1.29, 1.82) is 0 Å². The highest BCUT2D eigenvalue weighted by Crippen LogP contribution is 2.28. The molecule has 1 heterocycles. The van der Waals surface area contributed by atoms with Gasteiger partial charge in [-0.05, 0) is 61.7 Å². The number of hydrogen-bond acceptors (Lipinski definition) is 3. The van der Waals surface area contributed by atoms with Gasteiger partial charge in [-0.2, -0.15) is 0 Å². The standard InChI is InChI=1S/C20H22N2O2/c1-14-4-7-19(22-8-10-24-11-9-22)18(12-14)21-20(23)17-6-5-15(2)16(3)13-17/h3-7,12-13H,8-11H2,1-2H3,(H,21,23). The SMILES string of the molecule is [CH]c1cc(C(=O)Nc2cc(C)ccc2N2CCOCC2)ccc1C. The molecule has 1 aliphatic rings. The summed E-state index contributed by atoms with van der Waals surface area (Å²) >= 11 is 0. The van der Waals surface area contributed by atoms with Gasteiger partial charge in [0.1, 0.15) is 0 Å². The fraction of sp³-hybridized carbons (Fsp3) is 0.300. The second-order valence-electron chi connectivity index (χ2n) is 6.15. The number of hydrogen-bond donors (Lipinski definition) is 1. The Labute approximate surface area is 143 Å². The Balaban J connectivity index is 1.86. The lowest BCUT2D eigenvalue weighted by Crippen LogP contribution is -2.36. The third-order valence-electron chi connectivity index (χ3n) is 4.29. The van der Waals surface area contributed by atoms with Gasteiger partial charge < -0.3 is 15.0 Å². The molecule has 2 aromatic rings. The van der Waals surface area contributed by atoms with E-state index >= 15 is 0 Å². The number of benzene rings is 2. The first-order chi connectivity index (χ1) is 11.5. The third kappa shape index (κ3) is 3.60. The number of carbonyl (C=O) groups excluding carboxylic acids is 1. The summed E-state index contributed by atoms with van der Waals surface area (Å²) in [6.45, 7) is 12.9. The average molecular weight is 322 g/mol. The topological polar surface area (TPSA) is 41.6 Å². The second-order valence-corrected chi connectivity index (χ2v) is 6.15. The quantitative estimate of drug-likeness (QED) is 0.941.